The van der Waals surface area contributed by atoms with E-state index in [1.807, 2.05) is 55.3 Å². The van der Waals surface area contributed by atoms with E-state index in [-0.39, 0.29) is 25.5 Å². The molecule has 0 bridgehead atoms. The fraction of sp³-hybridized carbons (Fsp3) is 0.536. The summed E-state index contributed by atoms with van der Waals surface area (Å²) in [5, 5.41) is 1.96. The number of carbonyl (C=O) groups is 1. The van der Waals surface area contributed by atoms with Crippen LogP contribution in [0.25, 0.3) is 0 Å². The smallest absolute Gasteiger partial charge is 0.338 e. The number of esters is 1. The SMILES string of the molecule is CCOC(=O)[C@@H]1ON([C@@H](C)c2ccccc2)[C@H]2C[C@]3(C)OC(C)(C)O[C@@H]3[C@]21c1ccc2c(c1)OCO2. The number of carbonyl (C=O) groups excluding carboxylic acids is 1. The zero-order valence-corrected chi connectivity index (χ0v) is 21.4. The van der Waals surface area contributed by atoms with Crippen molar-refractivity contribution in [2.45, 2.75) is 82.1 Å². The minimum Gasteiger partial charge on any atom is -0.464 e. The molecular formula is C28H33NO7. The van der Waals surface area contributed by atoms with E-state index in [4.69, 9.17) is 28.5 Å². The first-order valence-corrected chi connectivity index (χ1v) is 12.6. The van der Waals surface area contributed by atoms with Crippen molar-refractivity contribution in [3.63, 3.8) is 0 Å². The minimum atomic E-state index is -0.932. The van der Waals surface area contributed by atoms with Crippen molar-refractivity contribution in [3.8, 4) is 11.5 Å². The summed E-state index contributed by atoms with van der Waals surface area (Å²) < 4.78 is 30.1. The van der Waals surface area contributed by atoms with E-state index in [9.17, 15) is 4.79 Å². The van der Waals surface area contributed by atoms with Crippen LogP contribution in [0.4, 0.5) is 0 Å². The van der Waals surface area contributed by atoms with Crippen LogP contribution < -0.4 is 9.47 Å². The molecule has 8 heteroatoms. The second-order valence-electron chi connectivity index (χ2n) is 10.7. The largest absolute Gasteiger partial charge is 0.464 e. The standard InChI is InChI=1S/C28H33NO7/c1-6-31-24(30)23-28(19-12-13-20-21(14-19)33-16-32-20)22(15-27(5)25(28)34-26(3,4)36-27)29(35-23)17(2)18-10-8-7-9-11-18/h7-14,17,22-23,25H,6,15-16H2,1-5H3/t17-,22-,23-,25-,27-,28+/m0/s1. The summed E-state index contributed by atoms with van der Waals surface area (Å²) in [6.45, 7) is 10.2. The van der Waals surface area contributed by atoms with Crippen LogP contribution >= 0.6 is 0 Å². The van der Waals surface area contributed by atoms with Crippen LogP contribution in [0, 0.1) is 0 Å². The number of benzene rings is 2. The maximum Gasteiger partial charge on any atom is 0.338 e. The van der Waals surface area contributed by atoms with E-state index in [0.717, 1.165) is 11.1 Å². The fourth-order valence-electron chi connectivity index (χ4n) is 6.78. The van der Waals surface area contributed by atoms with Crippen molar-refractivity contribution in [3.05, 3.63) is 59.7 Å². The predicted octanol–water partition coefficient (Wildman–Crippen LogP) is 4.28. The maximum atomic E-state index is 13.6. The molecule has 2 aromatic rings. The molecule has 3 heterocycles. The van der Waals surface area contributed by atoms with Gasteiger partial charge in [0.05, 0.1) is 29.7 Å². The summed E-state index contributed by atoms with van der Waals surface area (Å²) >= 11 is 0. The molecule has 0 N–H and O–H groups in total. The Balaban J connectivity index is 1.55. The average Bonchev–Trinajstić information content (AvgIpc) is 3.55. The zero-order valence-electron chi connectivity index (χ0n) is 21.4. The van der Waals surface area contributed by atoms with Crippen LogP contribution in [-0.4, -0.2) is 54.1 Å². The molecule has 4 aliphatic rings. The zero-order chi connectivity index (χ0) is 25.3. The van der Waals surface area contributed by atoms with Gasteiger partial charge in [0, 0.05) is 0 Å². The summed E-state index contributed by atoms with van der Waals surface area (Å²) in [6, 6.07) is 15.6. The van der Waals surface area contributed by atoms with Crippen LogP contribution in [0.1, 0.15) is 58.2 Å². The van der Waals surface area contributed by atoms with Gasteiger partial charge < -0.3 is 23.7 Å². The van der Waals surface area contributed by atoms with Gasteiger partial charge in [-0.15, -0.1) is 0 Å². The normalized spacial score (nSPS) is 34.9. The number of nitrogens with zero attached hydrogens (tertiary/aromatic N) is 1. The monoisotopic (exact) mass is 495 g/mol. The molecule has 2 aromatic carbocycles. The molecule has 3 fully saturated rings. The van der Waals surface area contributed by atoms with Gasteiger partial charge in [-0.3, -0.25) is 4.84 Å². The number of fused-ring (bicyclic) bond motifs is 4. The summed E-state index contributed by atoms with van der Waals surface area (Å²) in [6.07, 6.45) is -0.783. The van der Waals surface area contributed by atoms with Crippen molar-refractivity contribution in [1.82, 2.24) is 5.06 Å². The molecule has 0 aromatic heterocycles. The molecule has 6 rings (SSSR count). The lowest BCUT2D eigenvalue weighted by Gasteiger charge is -2.38. The Morgan fingerprint density at radius 1 is 1.11 bits per heavy atom. The van der Waals surface area contributed by atoms with Crippen LogP contribution in [0.5, 0.6) is 11.5 Å². The summed E-state index contributed by atoms with van der Waals surface area (Å²) in [7, 11) is 0. The van der Waals surface area contributed by atoms with Crippen molar-refractivity contribution in [2.24, 2.45) is 0 Å². The Morgan fingerprint density at radius 2 is 1.86 bits per heavy atom. The van der Waals surface area contributed by atoms with Gasteiger partial charge in [-0.2, -0.15) is 5.06 Å². The first-order valence-electron chi connectivity index (χ1n) is 12.6. The number of hydroxylamine groups is 2. The van der Waals surface area contributed by atoms with E-state index in [1.165, 1.54) is 0 Å². The number of hydrogen-bond donors (Lipinski definition) is 0. The van der Waals surface area contributed by atoms with Crippen LogP contribution in [0.15, 0.2) is 48.5 Å². The van der Waals surface area contributed by atoms with E-state index in [2.05, 4.69) is 26.0 Å². The summed E-state index contributed by atoms with van der Waals surface area (Å²) in [5.74, 6) is 0.0910. The maximum absolute atomic E-state index is 13.6. The fourth-order valence-corrected chi connectivity index (χ4v) is 6.78. The van der Waals surface area contributed by atoms with E-state index in [1.54, 1.807) is 6.92 Å². The lowest BCUT2D eigenvalue weighted by atomic mass is 9.69. The molecule has 192 valence electrons. The third-order valence-corrected chi connectivity index (χ3v) is 8.02. The van der Waals surface area contributed by atoms with Gasteiger partial charge >= 0.3 is 5.97 Å². The molecule has 0 radical (unpaired) electrons. The molecule has 1 saturated carbocycles. The molecule has 0 spiro atoms. The first-order chi connectivity index (χ1) is 17.2. The number of rotatable bonds is 5. The summed E-state index contributed by atoms with van der Waals surface area (Å²) in [5.41, 5.74) is 0.422. The quantitative estimate of drug-likeness (QED) is 0.569. The van der Waals surface area contributed by atoms with Gasteiger partial charge in [-0.05, 0) is 64.3 Å². The van der Waals surface area contributed by atoms with Crippen molar-refractivity contribution < 1.29 is 33.3 Å². The lowest BCUT2D eigenvalue weighted by Crippen LogP contribution is -2.55. The average molecular weight is 496 g/mol. The van der Waals surface area contributed by atoms with Gasteiger partial charge in [0.15, 0.2) is 23.4 Å². The van der Waals surface area contributed by atoms with Crippen molar-refractivity contribution in [2.75, 3.05) is 13.4 Å². The molecule has 0 unspecified atom stereocenters. The Hall–Kier alpha value is -2.65. The van der Waals surface area contributed by atoms with Gasteiger partial charge in [-0.1, -0.05) is 36.4 Å². The van der Waals surface area contributed by atoms with Gasteiger partial charge in [0.2, 0.25) is 6.79 Å². The van der Waals surface area contributed by atoms with E-state index in [0.29, 0.717) is 17.9 Å². The lowest BCUT2D eigenvalue weighted by molar-refractivity contribution is -0.211. The van der Waals surface area contributed by atoms with Crippen LogP contribution in [0.3, 0.4) is 0 Å². The molecule has 36 heavy (non-hydrogen) atoms. The Bertz CT molecular complexity index is 1170. The van der Waals surface area contributed by atoms with E-state index >= 15 is 0 Å². The third kappa shape index (κ3) is 3.31. The Labute approximate surface area is 211 Å². The highest BCUT2D eigenvalue weighted by Crippen LogP contribution is 2.63. The minimum absolute atomic E-state index is 0.126. The molecule has 3 aliphatic heterocycles. The first kappa shape index (κ1) is 23.7. The number of hydrogen-bond acceptors (Lipinski definition) is 8. The van der Waals surface area contributed by atoms with E-state index < -0.39 is 35.0 Å². The van der Waals surface area contributed by atoms with Gasteiger partial charge in [-0.25, -0.2) is 4.79 Å². The molecule has 8 nitrogen and oxygen atoms in total. The molecule has 6 atom stereocenters. The molecule has 0 amide bonds. The highest BCUT2D eigenvalue weighted by atomic mass is 16.8. The van der Waals surface area contributed by atoms with Crippen LogP contribution in [0.2, 0.25) is 0 Å². The highest BCUT2D eigenvalue weighted by Gasteiger charge is 2.77. The summed E-state index contributed by atoms with van der Waals surface area (Å²) in [4.78, 5) is 20.2. The van der Waals surface area contributed by atoms with Gasteiger partial charge in [0.25, 0.3) is 0 Å². The second-order valence-corrected chi connectivity index (χ2v) is 10.7. The molecular weight excluding hydrogens is 462 g/mol. The Morgan fingerprint density at radius 3 is 2.61 bits per heavy atom. The topological polar surface area (TPSA) is 75.7 Å². The second kappa shape index (κ2) is 8.18. The molecule has 2 saturated heterocycles. The van der Waals surface area contributed by atoms with Crippen LogP contribution in [-0.2, 0) is 29.3 Å². The van der Waals surface area contributed by atoms with Gasteiger partial charge in [0.1, 0.15) is 6.10 Å². The van der Waals surface area contributed by atoms with Crippen molar-refractivity contribution >= 4 is 5.97 Å². The predicted molar refractivity (Wildman–Crippen MR) is 129 cm³/mol. The molecule has 1 aliphatic carbocycles. The Kier molecular flexibility index (Phi) is 5.39. The highest BCUT2D eigenvalue weighted by molar-refractivity contribution is 5.79. The third-order valence-electron chi connectivity index (χ3n) is 8.02. The number of ether oxygens (including phenoxy) is 5. The van der Waals surface area contributed by atoms with Crippen molar-refractivity contribution in [1.29, 1.82) is 0 Å².